The van der Waals surface area contributed by atoms with Crippen molar-refractivity contribution in [1.82, 2.24) is 0 Å². The fourth-order valence-corrected chi connectivity index (χ4v) is 2.24. The van der Waals surface area contributed by atoms with E-state index in [0.717, 1.165) is 36.1 Å². The van der Waals surface area contributed by atoms with Crippen LogP contribution in [-0.4, -0.2) is 12.6 Å². The molecule has 3 heteroatoms. The predicted molar refractivity (Wildman–Crippen MR) is 78.2 cm³/mol. The zero-order valence-corrected chi connectivity index (χ0v) is 12.2. The number of nitrogens with zero attached hydrogens (tertiary/aromatic N) is 1. The van der Waals surface area contributed by atoms with Gasteiger partial charge in [-0.25, -0.2) is 0 Å². The van der Waals surface area contributed by atoms with E-state index in [1.807, 2.05) is 6.92 Å². The molecule has 0 saturated carbocycles. The van der Waals surface area contributed by atoms with Gasteiger partial charge in [-0.05, 0) is 56.7 Å². The second kappa shape index (κ2) is 7.81. The smallest absolute Gasteiger partial charge is 0.125 e. The van der Waals surface area contributed by atoms with E-state index >= 15 is 0 Å². The Morgan fingerprint density at radius 3 is 2.42 bits per heavy atom. The molecule has 19 heavy (non-hydrogen) atoms. The van der Waals surface area contributed by atoms with Crippen LogP contribution in [0, 0.1) is 25.2 Å². The number of nitriles is 1. The minimum atomic E-state index is 0.177. The highest BCUT2D eigenvalue weighted by molar-refractivity contribution is 5.43. The lowest BCUT2D eigenvalue weighted by Crippen LogP contribution is -2.18. The van der Waals surface area contributed by atoms with Gasteiger partial charge in [0.25, 0.3) is 0 Å². The summed E-state index contributed by atoms with van der Waals surface area (Å²) in [5, 5.41) is 8.47. The third kappa shape index (κ3) is 5.32. The Morgan fingerprint density at radius 1 is 1.26 bits per heavy atom. The van der Waals surface area contributed by atoms with E-state index in [1.54, 1.807) is 0 Å². The molecule has 3 nitrogen and oxygen atoms in total. The van der Waals surface area contributed by atoms with Gasteiger partial charge < -0.3 is 10.5 Å². The second-order valence-corrected chi connectivity index (χ2v) is 5.20. The first-order valence-electron chi connectivity index (χ1n) is 6.90. The average Bonchev–Trinajstić information content (AvgIpc) is 2.31. The van der Waals surface area contributed by atoms with Gasteiger partial charge in [-0.2, -0.15) is 5.26 Å². The lowest BCUT2D eigenvalue weighted by molar-refractivity contribution is 0.303. The van der Waals surface area contributed by atoms with Crippen molar-refractivity contribution in [2.45, 2.75) is 52.5 Å². The highest BCUT2D eigenvalue weighted by atomic mass is 16.5. The molecule has 0 radical (unpaired) electrons. The maximum Gasteiger partial charge on any atom is 0.125 e. The first-order chi connectivity index (χ1) is 9.04. The van der Waals surface area contributed by atoms with Crippen LogP contribution in [0.2, 0.25) is 0 Å². The predicted octanol–water partition coefficient (Wildman–Crippen LogP) is 3.27. The normalized spacial score (nSPS) is 11.9. The summed E-state index contributed by atoms with van der Waals surface area (Å²) in [5.74, 6) is 0.977. The van der Waals surface area contributed by atoms with Crippen LogP contribution in [0.1, 0.15) is 42.9 Å². The fraction of sp³-hybridized carbons (Fsp3) is 0.562. The summed E-state index contributed by atoms with van der Waals surface area (Å²) in [5.41, 5.74) is 9.42. The summed E-state index contributed by atoms with van der Waals surface area (Å²) >= 11 is 0. The molecule has 0 saturated heterocycles. The van der Waals surface area contributed by atoms with Gasteiger partial charge >= 0.3 is 0 Å². The molecule has 1 rings (SSSR count). The van der Waals surface area contributed by atoms with Gasteiger partial charge in [0.05, 0.1) is 12.7 Å². The zero-order chi connectivity index (χ0) is 14.3. The number of rotatable bonds is 7. The largest absolute Gasteiger partial charge is 0.493 e. The van der Waals surface area contributed by atoms with Crippen molar-refractivity contribution < 1.29 is 4.74 Å². The van der Waals surface area contributed by atoms with Gasteiger partial charge in [0, 0.05) is 12.5 Å². The van der Waals surface area contributed by atoms with Gasteiger partial charge in [-0.1, -0.05) is 12.1 Å². The number of aryl methyl sites for hydroxylation is 2. The van der Waals surface area contributed by atoms with Crippen molar-refractivity contribution in [3.8, 4) is 11.8 Å². The van der Waals surface area contributed by atoms with Crippen molar-refractivity contribution in [2.24, 2.45) is 5.73 Å². The third-order valence-corrected chi connectivity index (χ3v) is 3.01. The lowest BCUT2D eigenvalue weighted by Gasteiger charge is -2.15. The van der Waals surface area contributed by atoms with Crippen molar-refractivity contribution in [2.75, 3.05) is 6.61 Å². The van der Waals surface area contributed by atoms with Crippen molar-refractivity contribution >= 4 is 0 Å². The summed E-state index contributed by atoms with van der Waals surface area (Å²) in [6, 6.07) is 6.63. The molecule has 0 spiro atoms. The summed E-state index contributed by atoms with van der Waals surface area (Å²) in [7, 11) is 0. The number of benzene rings is 1. The third-order valence-electron chi connectivity index (χ3n) is 3.01. The molecule has 104 valence electrons. The number of ether oxygens (including phenoxy) is 1. The first kappa shape index (κ1) is 15.5. The molecule has 0 aliphatic rings. The highest BCUT2D eigenvalue weighted by Gasteiger charge is 2.07. The molecular formula is C16H24N2O. The monoisotopic (exact) mass is 260 g/mol. The van der Waals surface area contributed by atoms with E-state index in [1.165, 1.54) is 5.56 Å². The molecule has 0 aliphatic heterocycles. The van der Waals surface area contributed by atoms with Gasteiger partial charge in [-0.3, -0.25) is 0 Å². The van der Waals surface area contributed by atoms with Crippen molar-refractivity contribution in [1.29, 1.82) is 5.26 Å². The molecule has 0 bridgehead atoms. The number of unbranched alkanes of at least 4 members (excludes halogenated alkanes) is 2. The van der Waals surface area contributed by atoms with Gasteiger partial charge in [-0.15, -0.1) is 0 Å². The van der Waals surface area contributed by atoms with Crippen LogP contribution in [0.5, 0.6) is 5.75 Å². The molecule has 0 aromatic heterocycles. The maximum atomic E-state index is 8.47. The molecule has 0 amide bonds. The minimum Gasteiger partial charge on any atom is -0.493 e. The topological polar surface area (TPSA) is 59.0 Å². The summed E-state index contributed by atoms with van der Waals surface area (Å²) in [4.78, 5) is 0. The summed E-state index contributed by atoms with van der Waals surface area (Å²) in [6.45, 7) is 6.84. The average molecular weight is 260 g/mol. The Kier molecular flexibility index (Phi) is 6.38. The van der Waals surface area contributed by atoms with Crippen molar-refractivity contribution in [3.05, 3.63) is 28.8 Å². The highest BCUT2D eigenvalue weighted by Crippen LogP contribution is 2.25. The Hall–Kier alpha value is -1.53. The van der Waals surface area contributed by atoms with E-state index < -0.39 is 0 Å². The van der Waals surface area contributed by atoms with E-state index in [2.05, 4.69) is 32.0 Å². The molecule has 0 fully saturated rings. The van der Waals surface area contributed by atoms with Crippen LogP contribution >= 0.6 is 0 Å². The summed E-state index contributed by atoms with van der Waals surface area (Å²) in [6.07, 6.45) is 3.32. The molecule has 0 aliphatic carbocycles. The zero-order valence-electron chi connectivity index (χ0n) is 12.2. The van der Waals surface area contributed by atoms with Crippen LogP contribution in [0.25, 0.3) is 0 Å². The standard InChI is InChI=1S/C16H24N2O/c1-12-9-15(11-14(3)18)10-13(2)16(12)19-8-6-4-5-7-17/h9-10,14H,4-6,8,11,18H2,1-3H3. The first-order valence-corrected chi connectivity index (χ1v) is 6.90. The molecule has 2 N–H and O–H groups in total. The summed E-state index contributed by atoms with van der Waals surface area (Å²) < 4.78 is 5.83. The Morgan fingerprint density at radius 2 is 1.89 bits per heavy atom. The SMILES string of the molecule is Cc1cc(CC(C)N)cc(C)c1OCCCCC#N. The second-order valence-electron chi connectivity index (χ2n) is 5.20. The van der Waals surface area contributed by atoms with E-state index in [9.17, 15) is 0 Å². The van der Waals surface area contributed by atoms with Gasteiger partial charge in [0.15, 0.2) is 0 Å². The number of hydrogen-bond donors (Lipinski definition) is 1. The number of hydrogen-bond acceptors (Lipinski definition) is 3. The van der Waals surface area contributed by atoms with Crippen LogP contribution in [0.3, 0.4) is 0 Å². The quantitative estimate of drug-likeness (QED) is 0.765. The Balaban J connectivity index is 2.61. The van der Waals surface area contributed by atoms with Crippen LogP contribution in [0.15, 0.2) is 12.1 Å². The molecule has 0 heterocycles. The van der Waals surface area contributed by atoms with Crippen LogP contribution in [-0.2, 0) is 6.42 Å². The fourth-order valence-electron chi connectivity index (χ4n) is 2.24. The van der Waals surface area contributed by atoms with Crippen LogP contribution < -0.4 is 10.5 Å². The van der Waals surface area contributed by atoms with Gasteiger partial charge in [0.1, 0.15) is 5.75 Å². The molecular weight excluding hydrogens is 236 g/mol. The molecule has 1 unspecified atom stereocenters. The van der Waals surface area contributed by atoms with Crippen molar-refractivity contribution in [3.63, 3.8) is 0 Å². The molecule has 1 aromatic rings. The van der Waals surface area contributed by atoms with E-state index in [0.29, 0.717) is 13.0 Å². The minimum absolute atomic E-state index is 0.177. The Bertz CT molecular complexity index is 424. The molecule has 1 aromatic carbocycles. The van der Waals surface area contributed by atoms with Crippen LogP contribution in [0.4, 0.5) is 0 Å². The Labute approximate surface area is 116 Å². The number of nitrogens with two attached hydrogens (primary N) is 1. The van der Waals surface area contributed by atoms with E-state index in [4.69, 9.17) is 15.7 Å². The maximum absolute atomic E-state index is 8.47. The molecule has 1 atom stereocenters. The van der Waals surface area contributed by atoms with Gasteiger partial charge in [0.2, 0.25) is 0 Å². The lowest BCUT2D eigenvalue weighted by atomic mass is 10.0. The van der Waals surface area contributed by atoms with E-state index in [-0.39, 0.29) is 6.04 Å².